The molecule has 2 amide bonds. The van der Waals surface area contributed by atoms with Crippen LogP contribution in [0.2, 0.25) is 0 Å². The van der Waals surface area contributed by atoms with E-state index in [-0.39, 0.29) is 18.2 Å². The highest BCUT2D eigenvalue weighted by molar-refractivity contribution is 6.39. The van der Waals surface area contributed by atoms with Crippen molar-refractivity contribution in [2.75, 3.05) is 11.9 Å². The van der Waals surface area contributed by atoms with Crippen LogP contribution in [0.25, 0.3) is 0 Å². The Hall–Kier alpha value is -2.02. The molecule has 3 N–H and O–H groups in total. The molecule has 0 spiro atoms. The number of halogens is 2. The number of hydrogen-bond donors (Lipinski definition) is 3. The summed E-state index contributed by atoms with van der Waals surface area (Å²) in [5.41, 5.74) is -1.35. The Morgan fingerprint density at radius 3 is 2.57 bits per heavy atom. The summed E-state index contributed by atoms with van der Waals surface area (Å²) in [5.74, 6) is -3.70. The molecule has 1 fully saturated rings. The summed E-state index contributed by atoms with van der Waals surface area (Å²) in [4.78, 5) is 23.2. The minimum Gasteiger partial charge on any atom is -0.388 e. The molecule has 0 heterocycles. The second-order valence-corrected chi connectivity index (χ2v) is 5.39. The lowest BCUT2D eigenvalue weighted by atomic mass is 10.0. The molecule has 1 aliphatic rings. The van der Waals surface area contributed by atoms with Crippen molar-refractivity contribution >= 4 is 17.5 Å². The lowest BCUT2D eigenvalue weighted by Gasteiger charge is -2.22. The first-order chi connectivity index (χ1) is 9.79. The van der Waals surface area contributed by atoms with Crippen molar-refractivity contribution in [3.8, 4) is 0 Å². The first-order valence-corrected chi connectivity index (χ1v) is 6.56. The quantitative estimate of drug-likeness (QED) is 0.730. The molecule has 1 aromatic carbocycles. The number of carbonyl (C=O) groups is 2. The largest absolute Gasteiger partial charge is 0.388 e. The predicted octanol–water partition coefficient (Wildman–Crippen LogP) is 1.18. The second-order valence-electron chi connectivity index (χ2n) is 5.39. The van der Waals surface area contributed by atoms with Gasteiger partial charge in [-0.1, -0.05) is 0 Å². The number of carbonyl (C=O) groups excluding carboxylic acids is 2. The highest BCUT2D eigenvalue weighted by atomic mass is 19.1. The number of rotatable bonds is 4. The molecule has 1 aromatic rings. The summed E-state index contributed by atoms with van der Waals surface area (Å²) in [6.07, 6.45) is 1.77. The van der Waals surface area contributed by atoms with Crippen LogP contribution in [0.15, 0.2) is 18.2 Å². The molecule has 1 atom stereocenters. The SMILES string of the molecule is CC(O)(CNC(=O)C(=O)Nc1ccc(F)cc1F)C1CC1. The Morgan fingerprint density at radius 1 is 1.33 bits per heavy atom. The number of nitrogens with one attached hydrogen (secondary N) is 2. The molecule has 7 heteroatoms. The topological polar surface area (TPSA) is 78.4 Å². The van der Waals surface area contributed by atoms with E-state index in [1.807, 2.05) is 5.32 Å². The summed E-state index contributed by atoms with van der Waals surface area (Å²) in [5, 5.41) is 14.3. The third-order valence-electron chi connectivity index (χ3n) is 3.45. The average Bonchev–Trinajstić information content (AvgIpc) is 3.24. The molecule has 0 aromatic heterocycles. The number of aliphatic hydroxyl groups is 1. The van der Waals surface area contributed by atoms with Crippen LogP contribution in [-0.2, 0) is 9.59 Å². The summed E-state index contributed by atoms with van der Waals surface area (Å²) in [7, 11) is 0. The Labute approximate surface area is 120 Å². The lowest BCUT2D eigenvalue weighted by molar-refractivity contribution is -0.136. The number of anilines is 1. The van der Waals surface area contributed by atoms with E-state index in [9.17, 15) is 23.5 Å². The monoisotopic (exact) mass is 298 g/mol. The van der Waals surface area contributed by atoms with Crippen molar-refractivity contribution in [3.63, 3.8) is 0 Å². The first-order valence-electron chi connectivity index (χ1n) is 6.56. The van der Waals surface area contributed by atoms with Crippen LogP contribution in [0, 0.1) is 17.6 Å². The summed E-state index contributed by atoms with van der Waals surface area (Å²) in [6.45, 7) is 1.53. The van der Waals surface area contributed by atoms with Gasteiger partial charge >= 0.3 is 11.8 Å². The standard InChI is InChI=1S/C14H16F2N2O3/c1-14(21,8-2-3-8)7-17-12(19)13(20)18-11-5-4-9(15)6-10(11)16/h4-6,8,21H,2-3,7H2,1H3,(H,17,19)(H,18,20). The highest BCUT2D eigenvalue weighted by Gasteiger charge is 2.40. The molecule has 0 aliphatic heterocycles. The fourth-order valence-corrected chi connectivity index (χ4v) is 1.96. The van der Waals surface area contributed by atoms with Gasteiger partial charge in [0.05, 0.1) is 11.3 Å². The van der Waals surface area contributed by atoms with Gasteiger partial charge in [0.2, 0.25) is 0 Å². The van der Waals surface area contributed by atoms with Crippen LogP contribution < -0.4 is 10.6 Å². The second kappa shape index (κ2) is 5.77. The maximum absolute atomic E-state index is 13.3. The summed E-state index contributed by atoms with van der Waals surface area (Å²) in [6, 6.07) is 2.59. The van der Waals surface area contributed by atoms with Gasteiger partial charge in [-0.2, -0.15) is 0 Å². The lowest BCUT2D eigenvalue weighted by Crippen LogP contribution is -2.45. The molecular formula is C14H16F2N2O3. The van der Waals surface area contributed by atoms with Crippen molar-refractivity contribution < 1.29 is 23.5 Å². The third kappa shape index (κ3) is 3.98. The van der Waals surface area contributed by atoms with E-state index >= 15 is 0 Å². The molecule has 1 saturated carbocycles. The molecule has 21 heavy (non-hydrogen) atoms. The maximum atomic E-state index is 13.3. The van der Waals surface area contributed by atoms with Crippen LogP contribution in [-0.4, -0.2) is 29.1 Å². The zero-order valence-electron chi connectivity index (χ0n) is 11.5. The van der Waals surface area contributed by atoms with Crippen molar-refractivity contribution in [3.05, 3.63) is 29.8 Å². The predicted molar refractivity (Wildman–Crippen MR) is 71.3 cm³/mol. The fraction of sp³-hybridized carbons (Fsp3) is 0.429. The van der Waals surface area contributed by atoms with Crippen molar-refractivity contribution in [2.24, 2.45) is 5.92 Å². The van der Waals surface area contributed by atoms with Gasteiger partial charge in [-0.3, -0.25) is 9.59 Å². The van der Waals surface area contributed by atoms with E-state index < -0.39 is 29.0 Å². The molecule has 1 aliphatic carbocycles. The minimum atomic E-state index is -1.08. The van der Waals surface area contributed by atoms with Gasteiger partial charge in [-0.25, -0.2) is 8.78 Å². The molecule has 2 rings (SSSR count). The maximum Gasteiger partial charge on any atom is 0.313 e. The number of amides is 2. The van der Waals surface area contributed by atoms with Crippen LogP contribution in [0.5, 0.6) is 0 Å². The van der Waals surface area contributed by atoms with Crippen LogP contribution in [0.4, 0.5) is 14.5 Å². The zero-order valence-corrected chi connectivity index (χ0v) is 11.5. The fourth-order valence-electron chi connectivity index (χ4n) is 1.96. The average molecular weight is 298 g/mol. The minimum absolute atomic E-state index is 0.0597. The van der Waals surface area contributed by atoms with Crippen LogP contribution in [0.3, 0.4) is 0 Å². The Bertz CT molecular complexity index is 571. The van der Waals surface area contributed by atoms with Gasteiger partial charge in [-0.05, 0) is 37.8 Å². The van der Waals surface area contributed by atoms with Gasteiger partial charge in [0.1, 0.15) is 11.6 Å². The van der Waals surface area contributed by atoms with E-state index in [0.717, 1.165) is 25.0 Å². The van der Waals surface area contributed by atoms with Gasteiger partial charge in [0, 0.05) is 12.6 Å². The van der Waals surface area contributed by atoms with Gasteiger partial charge in [0.25, 0.3) is 0 Å². The normalized spacial score (nSPS) is 17.0. The van der Waals surface area contributed by atoms with Gasteiger partial charge < -0.3 is 15.7 Å². The molecule has 0 radical (unpaired) electrons. The molecule has 114 valence electrons. The third-order valence-corrected chi connectivity index (χ3v) is 3.45. The van der Waals surface area contributed by atoms with Crippen molar-refractivity contribution in [1.29, 1.82) is 0 Å². The van der Waals surface area contributed by atoms with E-state index in [2.05, 4.69) is 5.32 Å². The van der Waals surface area contributed by atoms with Crippen LogP contribution >= 0.6 is 0 Å². The summed E-state index contributed by atoms with van der Waals surface area (Å²) >= 11 is 0. The van der Waals surface area contributed by atoms with Gasteiger partial charge in [0.15, 0.2) is 0 Å². The highest BCUT2D eigenvalue weighted by Crippen LogP contribution is 2.38. The first kappa shape index (κ1) is 15.4. The van der Waals surface area contributed by atoms with Crippen molar-refractivity contribution in [2.45, 2.75) is 25.4 Å². The molecule has 5 nitrogen and oxygen atoms in total. The Balaban J connectivity index is 1.89. The van der Waals surface area contributed by atoms with E-state index in [1.165, 1.54) is 0 Å². The van der Waals surface area contributed by atoms with E-state index in [4.69, 9.17) is 0 Å². The molecular weight excluding hydrogens is 282 g/mol. The molecule has 1 unspecified atom stereocenters. The zero-order chi connectivity index (χ0) is 15.6. The summed E-state index contributed by atoms with van der Waals surface area (Å²) < 4.78 is 26.1. The Kier molecular flexibility index (Phi) is 4.22. The molecule has 0 bridgehead atoms. The molecule has 0 saturated heterocycles. The van der Waals surface area contributed by atoms with Gasteiger partial charge in [-0.15, -0.1) is 0 Å². The smallest absolute Gasteiger partial charge is 0.313 e. The van der Waals surface area contributed by atoms with Crippen molar-refractivity contribution in [1.82, 2.24) is 5.32 Å². The van der Waals surface area contributed by atoms with Crippen LogP contribution in [0.1, 0.15) is 19.8 Å². The van der Waals surface area contributed by atoms with E-state index in [0.29, 0.717) is 6.07 Å². The van der Waals surface area contributed by atoms with E-state index in [1.54, 1.807) is 6.92 Å². The number of benzene rings is 1. The number of hydrogen-bond acceptors (Lipinski definition) is 3. The Morgan fingerprint density at radius 2 is 2.00 bits per heavy atom.